The number of aromatic nitrogens is 1. The normalized spacial score (nSPS) is 19.6. The molecular weight excluding hydrogens is 266 g/mol. The van der Waals surface area contributed by atoms with Crippen LogP contribution < -0.4 is 16.2 Å². The molecule has 0 bridgehead atoms. The molecule has 2 heterocycles. The van der Waals surface area contributed by atoms with Gasteiger partial charge in [0.25, 0.3) is 5.56 Å². The van der Waals surface area contributed by atoms with Crippen molar-refractivity contribution in [3.05, 3.63) is 40.8 Å². The predicted molar refractivity (Wildman–Crippen MR) is 83.3 cm³/mol. The van der Waals surface area contributed by atoms with Gasteiger partial charge in [0, 0.05) is 23.2 Å². The minimum atomic E-state index is -0.115. The number of pyridine rings is 1. The molecule has 1 aromatic carbocycles. The van der Waals surface area contributed by atoms with E-state index in [9.17, 15) is 9.59 Å². The van der Waals surface area contributed by atoms with E-state index in [1.54, 1.807) is 18.3 Å². The molecule has 1 aliphatic rings. The number of nitrogens with one attached hydrogen (secondary N) is 3. The Morgan fingerprint density at radius 1 is 1.38 bits per heavy atom. The van der Waals surface area contributed by atoms with Gasteiger partial charge in [-0.25, -0.2) is 0 Å². The quantitative estimate of drug-likeness (QED) is 0.804. The number of benzene rings is 1. The average Bonchev–Trinajstić information content (AvgIpc) is 3.00. The van der Waals surface area contributed by atoms with E-state index in [2.05, 4.69) is 15.6 Å². The van der Waals surface area contributed by atoms with Gasteiger partial charge >= 0.3 is 0 Å². The minimum Gasteiger partial charge on any atom is -0.329 e. The van der Waals surface area contributed by atoms with Crippen molar-refractivity contribution in [2.45, 2.75) is 13.3 Å². The lowest BCUT2D eigenvalue weighted by atomic mass is 9.92. The summed E-state index contributed by atoms with van der Waals surface area (Å²) in [4.78, 5) is 26.6. The molecular formula is C16H19N3O2. The molecule has 21 heavy (non-hydrogen) atoms. The SMILES string of the molecule is CC(C(=O)Nc1ccc2c(=O)[nH]ccc2c1)C1CCNC1. The molecule has 2 unspecified atom stereocenters. The maximum atomic E-state index is 12.3. The highest BCUT2D eigenvalue weighted by atomic mass is 16.2. The fourth-order valence-electron chi connectivity index (χ4n) is 2.84. The third-order valence-corrected chi connectivity index (χ3v) is 4.26. The van der Waals surface area contributed by atoms with E-state index in [0.29, 0.717) is 11.3 Å². The van der Waals surface area contributed by atoms with E-state index in [1.165, 1.54) is 0 Å². The lowest BCUT2D eigenvalue weighted by molar-refractivity contribution is -0.120. The van der Waals surface area contributed by atoms with Crippen LogP contribution in [0.25, 0.3) is 10.8 Å². The first-order valence-corrected chi connectivity index (χ1v) is 7.28. The molecule has 2 atom stereocenters. The zero-order valence-corrected chi connectivity index (χ0v) is 12.0. The van der Waals surface area contributed by atoms with Crippen LogP contribution in [0.2, 0.25) is 0 Å². The third kappa shape index (κ3) is 2.83. The zero-order chi connectivity index (χ0) is 14.8. The summed E-state index contributed by atoms with van der Waals surface area (Å²) in [5.41, 5.74) is 0.617. The topological polar surface area (TPSA) is 74.0 Å². The van der Waals surface area contributed by atoms with Crippen LogP contribution in [0.3, 0.4) is 0 Å². The Hall–Kier alpha value is -2.14. The number of carbonyl (C=O) groups is 1. The summed E-state index contributed by atoms with van der Waals surface area (Å²) >= 11 is 0. The largest absolute Gasteiger partial charge is 0.329 e. The molecule has 1 aliphatic heterocycles. The van der Waals surface area contributed by atoms with Gasteiger partial charge in [-0.05, 0) is 55.1 Å². The van der Waals surface area contributed by atoms with Crippen LogP contribution in [0.4, 0.5) is 5.69 Å². The molecule has 0 radical (unpaired) electrons. The number of carbonyl (C=O) groups excluding carboxylic acids is 1. The lowest BCUT2D eigenvalue weighted by Crippen LogP contribution is -2.28. The summed E-state index contributed by atoms with van der Waals surface area (Å²) < 4.78 is 0. The van der Waals surface area contributed by atoms with Crippen LogP contribution in [0.1, 0.15) is 13.3 Å². The highest BCUT2D eigenvalue weighted by molar-refractivity contribution is 5.95. The number of hydrogen-bond donors (Lipinski definition) is 3. The Kier molecular flexibility index (Phi) is 3.75. The first kappa shape index (κ1) is 13.8. The van der Waals surface area contributed by atoms with Gasteiger partial charge in [0.1, 0.15) is 0 Å². The van der Waals surface area contributed by atoms with Crippen LogP contribution in [0, 0.1) is 11.8 Å². The summed E-state index contributed by atoms with van der Waals surface area (Å²) in [6.07, 6.45) is 2.66. The van der Waals surface area contributed by atoms with Crippen LogP contribution in [0.5, 0.6) is 0 Å². The van der Waals surface area contributed by atoms with Gasteiger partial charge in [-0.3, -0.25) is 9.59 Å². The van der Waals surface area contributed by atoms with E-state index in [1.807, 2.05) is 19.1 Å². The van der Waals surface area contributed by atoms with Gasteiger partial charge < -0.3 is 15.6 Å². The number of fused-ring (bicyclic) bond motifs is 1. The molecule has 3 N–H and O–H groups in total. The Labute approximate surface area is 122 Å². The summed E-state index contributed by atoms with van der Waals surface area (Å²) in [6, 6.07) is 7.18. The first-order chi connectivity index (χ1) is 10.1. The Balaban J connectivity index is 1.78. The Morgan fingerprint density at radius 2 is 2.24 bits per heavy atom. The van der Waals surface area contributed by atoms with Gasteiger partial charge in [0.2, 0.25) is 5.91 Å². The average molecular weight is 285 g/mol. The van der Waals surface area contributed by atoms with E-state index < -0.39 is 0 Å². The van der Waals surface area contributed by atoms with E-state index in [0.717, 1.165) is 30.6 Å². The van der Waals surface area contributed by atoms with Gasteiger partial charge in [-0.1, -0.05) is 6.92 Å². The fourth-order valence-corrected chi connectivity index (χ4v) is 2.84. The van der Waals surface area contributed by atoms with Gasteiger partial charge in [0.05, 0.1) is 0 Å². The fraction of sp³-hybridized carbons (Fsp3) is 0.375. The number of amides is 1. The molecule has 2 aromatic rings. The van der Waals surface area contributed by atoms with Crippen LogP contribution in [0.15, 0.2) is 35.3 Å². The molecule has 5 nitrogen and oxygen atoms in total. The Bertz CT molecular complexity index is 717. The third-order valence-electron chi connectivity index (χ3n) is 4.26. The first-order valence-electron chi connectivity index (χ1n) is 7.28. The zero-order valence-electron chi connectivity index (χ0n) is 12.0. The minimum absolute atomic E-state index is 0.0186. The number of H-pyrrole nitrogens is 1. The predicted octanol–water partition coefficient (Wildman–Crippen LogP) is 1.71. The number of anilines is 1. The molecule has 5 heteroatoms. The Morgan fingerprint density at radius 3 is 3.00 bits per heavy atom. The van der Waals surface area contributed by atoms with Crippen molar-refractivity contribution in [2.24, 2.45) is 11.8 Å². The summed E-state index contributed by atoms with van der Waals surface area (Å²) in [7, 11) is 0. The molecule has 0 aliphatic carbocycles. The molecule has 1 aromatic heterocycles. The van der Waals surface area contributed by atoms with Crippen LogP contribution in [-0.4, -0.2) is 24.0 Å². The maximum Gasteiger partial charge on any atom is 0.255 e. The van der Waals surface area contributed by atoms with Crippen LogP contribution in [-0.2, 0) is 4.79 Å². The second-order valence-electron chi connectivity index (χ2n) is 5.64. The second kappa shape index (κ2) is 5.69. The summed E-state index contributed by atoms with van der Waals surface area (Å²) in [5, 5.41) is 7.69. The van der Waals surface area contributed by atoms with Gasteiger partial charge in [-0.15, -0.1) is 0 Å². The van der Waals surface area contributed by atoms with Crippen molar-refractivity contribution in [3.8, 4) is 0 Å². The monoisotopic (exact) mass is 285 g/mol. The number of aromatic amines is 1. The highest BCUT2D eigenvalue weighted by Crippen LogP contribution is 2.21. The van der Waals surface area contributed by atoms with Gasteiger partial charge in [-0.2, -0.15) is 0 Å². The van der Waals surface area contributed by atoms with Crippen molar-refractivity contribution < 1.29 is 4.79 Å². The van der Waals surface area contributed by atoms with E-state index in [4.69, 9.17) is 0 Å². The maximum absolute atomic E-state index is 12.3. The van der Waals surface area contributed by atoms with Crippen molar-refractivity contribution in [3.63, 3.8) is 0 Å². The van der Waals surface area contributed by atoms with Gasteiger partial charge in [0.15, 0.2) is 0 Å². The van der Waals surface area contributed by atoms with Crippen molar-refractivity contribution in [1.29, 1.82) is 0 Å². The molecule has 3 rings (SSSR count). The van der Waals surface area contributed by atoms with Crippen molar-refractivity contribution in [1.82, 2.24) is 10.3 Å². The summed E-state index contributed by atoms with van der Waals surface area (Å²) in [5.74, 6) is 0.413. The molecule has 1 saturated heterocycles. The summed E-state index contributed by atoms with van der Waals surface area (Å²) in [6.45, 7) is 3.86. The highest BCUT2D eigenvalue weighted by Gasteiger charge is 2.26. The second-order valence-corrected chi connectivity index (χ2v) is 5.64. The molecule has 0 saturated carbocycles. The lowest BCUT2D eigenvalue weighted by Gasteiger charge is -2.17. The molecule has 1 amide bonds. The smallest absolute Gasteiger partial charge is 0.255 e. The molecule has 110 valence electrons. The van der Waals surface area contributed by atoms with E-state index in [-0.39, 0.29) is 17.4 Å². The molecule has 1 fully saturated rings. The van der Waals surface area contributed by atoms with E-state index >= 15 is 0 Å². The molecule has 0 spiro atoms. The number of hydrogen-bond acceptors (Lipinski definition) is 3. The van der Waals surface area contributed by atoms with Crippen molar-refractivity contribution >= 4 is 22.4 Å². The standard InChI is InChI=1S/C16H19N3O2/c1-10(12-4-6-17-9-12)15(20)19-13-2-3-14-11(8-13)5-7-18-16(14)21/h2-3,5,7-8,10,12,17H,4,6,9H2,1H3,(H,18,21)(H,19,20). The van der Waals surface area contributed by atoms with Crippen molar-refractivity contribution in [2.75, 3.05) is 18.4 Å². The number of rotatable bonds is 3. The van der Waals surface area contributed by atoms with Crippen LogP contribution >= 0.6 is 0 Å².